The molecule has 0 aliphatic carbocycles. The number of aromatic amines is 1. The molecular weight excluding hydrogens is 277 g/mol. The Morgan fingerprint density at radius 1 is 1.15 bits per heavy atom. The Balaban J connectivity index is 2.15. The Hall–Kier alpha value is -2.13. The number of carbonyl (C=O) groups is 1. The third kappa shape index (κ3) is 2.10. The lowest BCUT2D eigenvalue weighted by Gasteiger charge is -2.02. The number of H-pyrrole nitrogens is 1. The number of carbonyl (C=O) groups excluding carboxylic acids is 1. The van der Waals surface area contributed by atoms with E-state index in [1.54, 1.807) is 6.20 Å². The lowest BCUT2D eigenvalue weighted by atomic mass is 10.0. The van der Waals surface area contributed by atoms with Crippen LogP contribution in [0.4, 0.5) is 4.39 Å². The van der Waals surface area contributed by atoms with Crippen molar-refractivity contribution in [3.05, 3.63) is 70.1 Å². The molecular formula is C16H11ClFNO. The van der Waals surface area contributed by atoms with Crippen molar-refractivity contribution in [2.75, 3.05) is 0 Å². The average Bonchev–Trinajstić information content (AvgIpc) is 2.83. The van der Waals surface area contributed by atoms with Crippen molar-refractivity contribution >= 4 is 28.3 Å². The molecule has 1 heterocycles. The molecule has 2 nitrogen and oxygen atoms in total. The maximum Gasteiger partial charge on any atom is 0.198 e. The van der Waals surface area contributed by atoms with Crippen molar-refractivity contribution in [1.29, 1.82) is 0 Å². The van der Waals surface area contributed by atoms with Gasteiger partial charge in [-0.1, -0.05) is 23.7 Å². The summed E-state index contributed by atoms with van der Waals surface area (Å²) in [6, 6.07) is 9.70. The molecule has 0 atom stereocenters. The topological polar surface area (TPSA) is 32.9 Å². The van der Waals surface area contributed by atoms with Crippen LogP contribution in [-0.4, -0.2) is 10.8 Å². The summed E-state index contributed by atoms with van der Waals surface area (Å²) in [5.41, 5.74) is 2.38. The molecule has 4 heteroatoms. The molecule has 0 saturated carbocycles. The number of ketones is 1. The molecule has 0 amide bonds. The highest BCUT2D eigenvalue weighted by molar-refractivity contribution is 6.31. The van der Waals surface area contributed by atoms with Gasteiger partial charge in [-0.25, -0.2) is 4.39 Å². The Kier molecular flexibility index (Phi) is 3.07. The number of halogens is 2. The highest BCUT2D eigenvalue weighted by Gasteiger charge is 2.18. The summed E-state index contributed by atoms with van der Waals surface area (Å²) in [5, 5.41) is 1.12. The third-order valence-electron chi connectivity index (χ3n) is 3.25. The molecule has 0 unspecified atom stereocenters. The molecule has 0 spiro atoms. The van der Waals surface area contributed by atoms with Crippen LogP contribution in [0.1, 0.15) is 21.5 Å². The summed E-state index contributed by atoms with van der Waals surface area (Å²) < 4.78 is 13.8. The summed E-state index contributed by atoms with van der Waals surface area (Å²) >= 11 is 5.83. The second-order valence-corrected chi connectivity index (χ2v) is 5.14. The normalized spacial score (nSPS) is 10.9. The fourth-order valence-electron chi connectivity index (χ4n) is 2.24. The maximum absolute atomic E-state index is 13.8. The fourth-order valence-corrected chi connectivity index (χ4v) is 2.42. The molecule has 0 bridgehead atoms. The minimum atomic E-state index is -0.569. The van der Waals surface area contributed by atoms with E-state index in [0.717, 1.165) is 16.5 Å². The van der Waals surface area contributed by atoms with Gasteiger partial charge >= 0.3 is 0 Å². The van der Waals surface area contributed by atoms with Gasteiger partial charge in [0.2, 0.25) is 0 Å². The monoisotopic (exact) mass is 287 g/mol. The summed E-state index contributed by atoms with van der Waals surface area (Å²) in [4.78, 5) is 15.5. The number of rotatable bonds is 2. The van der Waals surface area contributed by atoms with Crippen LogP contribution in [0.2, 0.25) is 5.02 Å². The van der Waals surface area contributed by atoms with E-state index in [1.807, 2.05) is 25.1 Å². The second-order valence-electron chi connectivity index (χ2n) is 4.70. The summed E-state index contributed by atoms with van der Waals surface area (Å²) in [6.45, 7) is 1.97. The molecule has 0 aliphatic heterocycles. The summed E-state index contributed by atoms with van der Waals surface area (Å²) in [6.07, 6.45) is 1.60. The van der Waals surface area contributed by atoms with Crippen molar-refractivity contribution in [3.63, 3.8) is 0 Å². The van der Waals surface area contributed by atoms with Crippen molar-refractivity contribution < 1.29 is 9.18 Å². The van der Waals surface area contributed by atoms with E-state index < -0.39 is 5.82 Å². The SMILES string of the molecule is Cc1ccc2c(C(=O)c3cc(Cl)ccc3F)c[nH]c2c1. The Labute approximate surface area is 120 Å². The Morgan fingerprint density at radius 3 is 2.75 bits per heavy atom. The molecule has 0 aliphatic rings. The molecule has 3 rings (SSSR count). The highest BCUT2D eigenvalue weighted by atomic mass is 35.5. The van der Waals surface area contributed by atoms with Crippen molar-refractivity contribution in [3.8, 4) is 0 Å². The molecule has 3 aromatic rings. The molecule has 0 fully saturated rings. The first-order chi connectivity index (χ1) is 9.56. The van der Waals surface area contributed by atoms with Crippen molar-refractivity contribution in [1.82, 2.24) is 4.98 Å². The van der Waals surface area contributed by atoms with Gasteiger partial charge in [0.05, 0.1) is 5.56 Å². The van der Waals surface area contributed by atoms with E-state index >= 15 is 0 Å². The smallest absolute Gasteiger partial charge is 0.198 e. The Morgan fingerprint density at radius 2 is 1.95 bits per heavy atom. The first kappa shape index (κ1) is 12.9. The quantitative estimate of drug-likeness (QED) is 0.692. The third-order valence-corrected chi connectivity index (χ3v) is 3.49. The van der Waals surface area contributed by atoms with Crippen molar-refractivity contribution in [2.24, 2.45) is 0 Å². The predicted molar refractivity (Wildman–Crippen MR) is 77.9 cm³/mol. The molecule has 2 aromatic carbocycles. The van der Waals surface area contributed by atoms with Gasteiger partial charge in [-0.05, 0) is 36.8 Å². The minimum absolute atomic E-state index is 0.0148. The van der Waals surface area contributed by atoms with Gasteiger partial charge in [0.25, 0.3) is 0 Å². The van der Waals surface area contributed by atoms with E-state index in [2.05, 4.69) is 4.98 Å². The summed E-state index contributed by atoms with van der Waals surface area (Å²) in [5.74, 6) is -0.944. The predicted octanol–water partition coefficient (Wildman–Crippen LogP) is 4.50. The Bertz CT molecular complexity index is 822. The van der Waals surface area contributed by atoms with Crippen LogP contribution >= 0.6 is 11.6 Å². The lowest BCUT2D eigenvalue weighted by molar-refractivity contribution is 0.103. The molecule has 20 heavy (non-hydrogen) atoms. The van der Waals surface area contributed by atoms with Gasteiger partial charge in [0, 0.05) is 27.7 Å². The van der Waals surface area contributed by atoms with Crippen LogP contribution in [0, 0.1) is 12.7 Å². The molecule has 1 N–H and O–H groups in total. The zero-order valence-corrected chi connectivity index (χ0v) is 11.5. The number of fused-ring (bicyclic) bond motifs is 1. The lowest BCUT2D eigenvalue weighted by Crippen LogP contribution is -2.03. The minimum Gasteiger partial charge on any atom is -0.360 e. The van der Waals surface area contributed by atoms with Gasteiger partial charge < -0.3 is 4.98 Å². The fraction of sp³-hybridized carbons (Fsp3) is 0.0625. The van der Waals surface area contributed by atoms with Crippen LogP contribution in [0.3, 0.4) is 0 Å². The molecule has 100 valence electrons. The second kappa shape index (κ2) is 4.76. The maximum atomic E-state index is 13.8. The number of aromatic nitrogens is 1. The van der Waals surface area contributed by atoms with Gasteiger partial charge in [-0.3, -0.25) is 4.79 Å². The van der Waals surface area contributed by atoms with Crippen LogP contribution in [0.5, 0.6) is 0 Å². The van der Waals surface area contributed by atoms with Gasteiger partial charge in [0.15, 0.2) is 5.78 Å². The van der Waals surface area contributed by atoms with E-state index in [4.69, 9.17) is 11.6 Å². The number of nitrogens with one attached hydrogen (secondary N) is 1. The van der Waals surface area contributed by atoms with Crippen LogP contribution < -0.4 is 0 Å². The molecule has 1 aromatic heterocycles. The van der Waals surface area contributed by atoms with Gasteiger partial charge in [-0.2, -0.15) is 0 Å². The van der Waals surface area contributed by atoms with Crippen LogP contribution in [0.15, 0.2) is 42.6 Å². The largest absolute Gasteiger partial charge is 0.360 e. The first-order valence-electron chi connectivity index (χ1n) is 6.14. The number of hydrogen-bond acceptors (Lipinski definition) is 1. The summed E-state index contributed by atoms with van der Waals surface area (Å²) in [7, 11) is 0. The zero-order chi connectivity index (χ0) is 14.3. The molecule has 0 radical (unpaired) electrons. The number of aryl methyl sites for hydroxylation is 1. The van der Waals surface area contributed by atoms with Crippen LogP contribution in [-0.2, 0) is 0 Å². The van der Waals surface area contributed by atoms with E-state index in [1.165, 1.54) is 18.2 Å². The van der Waals surface area contributed by atoms with Crippen molar-refractivity contribution in [2.45, 2.75) is 6.92 Å². The van der Waals surface area contributed by atoms with Crippen LogP contribution in [0.25, 0.3) is 10.9 Å². The van der Waals surface area contributed by atoms with E-state index in [9.17, 15) is 9.18 Å². The number of benzene rings is 2. The first-order valence-corrected chi connectivity index (χ1v) is 6.51. The van der Waals surface area contributed by atoms with Gasteiger partial charge in [0.1, 0.15) is 5.82 Å². The van der Waals surface area contributed by atoms with E-state index in [0.29, 0.717) is 10.6 Å². The van der Waals surface area contributed by atoms with Gasteiger partial charge in [-0.15, -0.1) is 0 Å². The molecule has 0 saturated heterocycles. The number of hydrogen-bond donors (Lipinski definition) is 1. The highest BCUT2D eigenvalue weighted by Crippen LogP contribution is 2.24. The standard InChI is InChI=1S/C16H11ClFNO/c1-9-2-4-11-13(8-19-15(11)6-9)16(20)12-7-10(17)3-5-14(12)18/h2-8,19H,1H3. The zero-order valence-electron chi connectivity index (χ0n) is 10.7. The van der Waals surface area contributed by atoms with E-state index in [-0.39, 0.29) is 11.3 Å². The average molecular weight is 288 g/mol.